The van der Waals surface area contributed by atoms with Crippen LogP contribution in [0.25, 0.3) is 0 Å². The molecule has 1 amide bonds. The van der Waals surface area contributed by atoms with Gasteiger partial charge in [-0.05, 0) is 12.8 Å². The fourth-order valence-corrected chi connectivity index (χ4v) is 8.97. The lowest BCUT2D eigenvalue weighted by Crippen LogP contribution is -2.49. The van der Waals surface area contributed by atoms with Crippen LogP contribution in [-0.4, -0.2) is 146 Å². The number of aliphatic carboxylic acids is 1. The third-order valence-corrected chi connectivity index (χ3v) is 13.2. The van der Waals surface area contributed by atoms with Gasteiger partial charge in [-0.25, -0.2) is 0 Å². The SMILES string of the molecule is CCCCCCCCCCCCCCCCCCN(CCCCCCCCCCCCCCCCCC)C(=O)CN1CCN(COC=O)CCN(COC=O)CCN(CC(=O)O)CC1. The molecule has 1 saturated heterocycles. The van der Waals surface area contributed by atoms with Crippen molar-refractivity contribution in [3.05, 3.63) is 0 Å². The van der Waals surface area contributed by atoms with Gasteiger partial charge in [0.1, 0.15) is 13.5 Å². The van der Waals surface area contributed by atoms with E-state index in [1.54, 1.807) is 0 Å². The first-order chi connectivity index (χ1) is 31.4. The fourth-order valence-electron chi connectivity index (χ4n) is 8.97. The lowest BCUT2D eigenvalue weighted by atomic mass is 10.0. The summed E-state index contributed by atoms with van der Waals surface area (Å²) in [4.78, 5) is 58.2. The van der Waals surface area contributed by atoms with Crippen molar-refractivity contribution in [3.63, 3.8) is 0 Å². The summed E-state index contributed by atoms with van der Waals surface area (Å²) in [6.45, 7) is 11.7. The molecule has 0 atom stereocenters. The van der Waals surface area contributed by atoms with Crippen LogP contribution in [0.3, 0.4) is 0 Å². The Hall–Kier alpha value is -2.28. The molecule has 376 valence electrons. The second kappa shape index (κ2) is 45.9. The van der Waals surface area contributed by atoms with Crippen LogP contribution in [0.4, 0.5) is 0 Å². The van der Waals surface area contributed by atoms with Gasteiger partial charge in [-0.15, -0.1) is 0 Å². The van der Waals surface area contributed by atoms with Crippen molar-refractivity contribution in [2.24, 2.45) is 0 Å². The zero-order valence-corrected chi connectivity index (χ0v) is 41.8. The monoisotopic (exact) mass is 908 g/mol. The summed E-state index contributed by atoms with van der Waals surface area (Å²) in [5, 5.41) is 9.69. The van der Waals surface area contributed by atoms with Crippen molar-refractivity contribution in [1.82, 2.24) is 24.5 Å². The second-order valence-corrected chi connectivity index (χ2v) is 19.0. The van der Waals surface area contributed by atoms with Crippen LogP contribution in [0.1, 0.15) is 219 Å². The number of rotatable bonds is 44. The summed E-state index contributed by atoms with van der Waals surface area (Å²) in [7, 11) is 0. The van der Waals surface area contributed by atoms with Crippen LogP contribution in [0.15, 0.2) is 0 Å². The number of carboxylic acid groups (broad SMARTS) is 1. The molecule has 0 aromatic rings. The predicted molar refractivity (Wildman–Crippen MR) is 263 cm³/mol. The maximum Gasteiger partial charge on any atom is 0.317 e. The van der Waals surface area contributed by atoms with Crippen molar-refractivity contribution < 1.29 is 33.8 Å². The average Bonchev–Trinajstić information content (AvgIpc) is 3.28. The van der Waals surface area contributed by atoms with E-state index in [1.807, 2.05) is 14.7 Å². The van der Waals surface area contributed by atoms with E-state index < -0.39 is 5.97 Å². The molecule has 1 rings (SSSR count). The zero-order chi connectivity index (χ0) is 46.4. The van der Waals surface area contributed by atoms with Crippen molar-refractivity contribution in [3.8, 4) is 0 Å². The number of hydrogen-bond donors (Lipinski definition) is 1. The Bertz CT molecular complexity index is 1040. The Balaban J connectivity index is 2.68. The van der Waals surface area contributed by atoms with Crippen molar-refractivity contribution >= 4 is 24.8 Å². The van der Waals surface area contributed by atoms with Gasteiger partial charge >= 0.3 is 5.97 Å². The molecule has 0 bridgehead atoms. The average molecular weight is 908 g/mol. The highest BCUT2D eigenvalue weighted by Crippen LogP contribution is 2.16. The highest BCUT2D eigenvalue weighted by atomic mass is 16.5. The van der Waals surface area contributed by atoms with E-state index in [0.717, 1.165) is 38.8 Å². The third-order valence-electron chi connectivity index (χ3n) is 13.2. The van der Waals surface area contributed by atoms with Crippen LogP contribution in [0.2, 0.25) is 0 Å². The van der Waals surface area contributed by atoms with Crippen molar-refractivity contribution in [2.75, 3.05) is 92.0 Å². The van der Waals surface area contributed by atoms with E-state index in [1.165, 1.54) is 180 Å². The molecule has 1 fully saturated rings. The normalized spacial score (nSPS) is 15.1. The molecule has 1 aliphatic heterocycles. The van der Waals surface area contributed by atoms with Gasteiger partial charge in [-0.3, -0.25) is 38.8 Å². The van der Waals surface area contributed by atoms with Crippen LogP contribution >= 0.6 is 0 Å². The van der Waals surface area contributed by atoms with E-state index >= 15 is 0 Å². The summed E-state index contributed by atoms with van der Waals surface area (Å²) in [5.74, 6) is -0.752. The molecular weight excluding hydrogens is 807 g/mol. The molecule has 12 heteroatoms. The lowest BCUT2D eigenvalue weighted by molar-refractivity contribution is -0.139. The molecule has 12 nitrogen and oxygen atoms in total. The maximum absolute atomic E-state index is 14.2. The molecule has 0 spiro atoms. The molecule has 0 aromatic carbocycles. The van der Waals surface area contributed by atoms with Gasteiger partial charge in [0.2, 0.25) is 5.91 Å². The van der Waals surface area contributed by atoms with Crippen LogP contribution in [0.5, 0.6) is 0 Å². The van der Waals surface area contributed by atoms with Crippen molar-refractivity contribution in [2.45, 2.75) is 219 Å². The Morgan fingerprint density at radius 1 is 0.406 bits per heavy atom. The van der Waals surface area contributed by atoms with Gasteiger partial charge in [-0.2, -0.15) is 0 Å². The van der Waals surface area contributed by atoms with Crippen LogP contribution in [-0.2, 0) is 28.7 Å². The number of amides is 1. The number of unbranched alkanes of at least 4 members (excludes halogenated alkanes) is 30. The Kier molecular flexibility index (Phi) is 42.8. The Morgan fingerprint density at radius 2 is 0.656 bits per heavy atom. The molecule has 1 aliphatic rings. The summed E-state index contributed by atoms with van der Waals surface area (Å²) in [6, 6.07) is 0. The Morgan fingerprint density at radius 3 is 0.922 bits per heavy atom. The minimum atomic E-state index is -0.897. The lowest BCUT2D eigenvalue weighted by Gasteiger charge is -2.34. The molecule has 1 N–H and O–H groups in total. The zero-order valence-electron chi connectivity index (χ0n) is 41.8. The second-order valence-electron chi connectivity index (χ2n) is 19.0. The number of ether oxygens (including phenoxy) is 2. The third kappa shape index (κ3) is 37.9. The van der Waals surface area contributed by atoms with E-state index in [-0.39, 0.29) is 32.5 Å². The largest absolute Gasteiger partial charge is 0.480 e. The van der Waals surface area contributed by atoms with Crippen molar-refractivity contribution in [1.29, 1.82) is 0 Å². The minimum Gasteiger partial charge on any atom is -0.480 e. The quantitative estimate of drug-likeness (QED) is 0.0464. The van der Waals surface area contributed by atoms with E-state index in [0.29, 0.717) is 65.3 Å². The molecule has 0 aliphatic carbocycles. The van der Waals surface area contributed by atoms with Gasteiger partial charge in [0.05, 0.1) is 13.1 Å². The first-order valence-electron chi connectivity index (χ1n) is 26.9. The Labute approximate surface area is 393 Å². The number of carbonyl (C=O) groups excluding carboxylic acids is 3. The standard InChI is InChI=1S/C52H101N5O7/c1-3-5-7-9-11-13-15-17-19-21-23-25-27-29-31-33-35-57(36-34-32-30-28-26-24-22-20-18-16-14-12-10-8-6-4-2)51(60)45-53-37-38-54(46-52(61)62)40-42-56(48-64-50-59)44-43-55(41-39-53)47-63-49-58/h49-50H,3-48H2,1-2H3,(H,61,62). The molecule has 64 heavy (non-hydrogen) atoms. The highest BCUT2D eigenvalue weighted by molar-refractivity contribution is 5.78. The molecule has 1 heterocycles. The summed E-state index contributed by atoms with van der Waals surface area (Å²) < 4.78 is 10.2. The van der Waals surface area contributed by atoms with Gasteiger partial charge in [-0.1, -0.05) is 206 Å². The highest BCUT2D eigenvalue weighted by Gasteiger charge is 2.22. The number of nitrogens with zero attached hydrogens (tertiary/aromatic N) is 5. The van der Waals surface area contributed by atoms with Gasteiger partial charge in [0, 0.05) is 65.4 Å². The van der Waals surface area contributed by atoms with Gasteiger partial charge < -0.3 is 19.5 Å². The smallest absolute Gasteiger partial charge is 0.317 e. The van der Waals surface area contributed by atoms with Crippen LogP contribution < -0.4 is 0 Å². The minimum absolute atomic E-state index is 0.0993. The topological polar surface area (TPSA) is 123 Å². The molecule has 0 aromatic heterocycles. The fraction of sp³-hybridized carbons (Fsp3) is 0.923. The first-order valence-corrected chi connectivity index (χ1v) is 26.9. The predicted octanol–water partition coefficient (Wildman–Crippen LogP) is 10.9. The van der Waals surface area contributed by atoms with E-state index in [2.05, 4.69) is 23.6 Å². The van der Waals surface area contributed by atoms with Gasteiger partial charge in [0.15, 0.2) is 0 Å². The number of hydrogen-bond acceptors (Lipinski definition) is 10. The summed E-state index contributed by atoms with van der Waals surface area (Å²) in [5.41, 5.74) is 0. The molecule has 0 radical (unpaired) electrons. The molecule has 0 unspecified atom stereocenters. The first kappa shape index (κ1) is 59.7. The number of carbonyl (C=O) groups is 4. The summed E-state index contributed by atoms with van der Waals surface area (Å²) in [6.07, 6.45) is 42.4. The molecular formula is C52H101N5O7. The van der Waals surface area contributed by atoms with Gasteiger partial charge in [0.25, 0.3) is 12.9 Å². The van der Waals surface area contributed by atoms with E-state index in [9.17, 15) is 24.3 Å². The summed E-state index contributed by atoms with van der Waals surface area (Å²) >= 11 is 0. The van der Waals surface area contributed by atoms with E-state index in [4.69, 9.17) is 9.47 Å². The molecule has 0 saturated carbocycles. The van der Waals surface area contributed by atoms with Crippen LogP contribution in [0, 0.1) is 0 Å². The maximum atomic E-state index is 14.2. The number of carboxylic acids is 1.